The largest absolute Gasteiger partial charge is 0.265 e. The zero-order valence-corrected chi connectivity index (χ0v) is 9.83. The third-order valence-corrected chi connectivity index (χ3v) is 2.59. The van der Waals surface area contributed by atoms with E-state index in [1.54, 1.807) is 0 Å². The van der Waals surface area contributed by atoms with Crippen molar-refractivity contribution in [2.75, 3.05) is 0 Å². The minimum Gasteiger partial charge on any atom is -0.265 e. The number of rotatable bonds is 3. The van der Waals surface area contributed by atoms with Gasteiger partial charge in [-0.05, 0) is 31.1 Å². The highest BCUT2D eigenvalue weighted by Gasteiger charge is 2.12. The quantitative estimate of drug-likeness (QED) is 0.703. The fourth-order valence-corrected chi connectivity index (χ4v) is 1.77. The van der Waals surface area contributed by atoms with Gasteiger partial charge in [-0.3, -0.25) is 9.98 Å². The molecule has 2 rings (SSSR count). The zero-order valence-electron chi connectivity index (χ0n) is 9.83. The van der Waals surface area contributed by atoms with Crippen molar-refractivity contribution in [1.82, 2.24) is 4.98 Å². The molecule has 0 aliphatic carbocycles. The summed E-state index contributed by atoms with van der Waals surface area (Å²) in [7, 11) is 0. The topological polar surface area (TPSA) is 25.2 Å². The van der Waals surface area contributed by atoms with Crippen LogP contribution >= 0.6 is 0 Å². The summed E-state index contributed by atoms with van der Waals surface area (Å²) < 4.78 is 0. The molecular formula is C14H16N2. The molecule has 1 aromatic heterocycles. The summed E-state index contributed by atoms with van der Waals surface area (Å²) in [5, 5.41) is 0. The van der Waals surface area contributed by atoms with Crippen LogP contribution in [0.5, 0.6) is 0 Å². The molecule has 16 heavy (non-hydrogen) atoms. The lowest BCUT2D eigenvalue weighted by Gasteiger charge is -2.03. The molecule has 2 nitrogen and oxygen atoms in total. The highest BCUT2D eigenvalue weighted by molar-refractivity contribution is 5.99. The van der Waals surface area contributed by atoms with Crippen LogP contribution in [0, 0.1) is 6.92 Å². The Labute approximate surface area is 96.4 Å². The maximum atomic E-state index is 4.42. The number of aromatic nitrogens is 1. The number of aliphatic imine (C=N–C) groups is 1. The maximum Gasteiger partial charge on any atom is 0.0373 e. The van der Waals surface area contributed by atoms with Crippen LogP contribution in [0.2, 0.25) is 0 Å². The van der Waals surface area contributed by atoms with Crippen LogP contribution < -0.4 is 0 Å². The predicted molar refractivity (Wildman–Crippen MR) is 68.4 cm³/mol. The summed E-state index contributed by atoms with van der Waals surface area (Å²) in [6.07, 6.45) is 5.70. The first kappa shape index (κ1) is 10.8. The highest BCUT2D eigenvalue weighted by Crippen LogP contribution is 2.25. The van der Waals surface area contributed by atoms with Crippen LogP contribution in [0.4, 0.5) is 0 Å². The molecule has 0 saturated heterocycles. The fraction of sp³-hybridized carbons (Fsp3) is 0.286. The first-order chi connectivity index (χ1) is 7.65. The molecule has 0 unspecified atom stereocenters. The molecule has 0 amide bonds. The van der Waals surface area contributed by atoms with Crippen molar-refractivity contribution in [3.8, 4) is 0 Å². The van der Waals surface area contributed by atoms with Crippen molar-refractivity contribution >= 4 is 11.3 Å². The van der Waals surface area contributed by atoms with Gasteiger partial charge in [0.1, 0.15) is 0 Å². The lowest BCUT2D eigenvalue weighted by atomic mass is 10.0. The average Bonchev–Trinajstić information content (AvgIpc) is 2.66. The Kier molecular flexibility index (Phi) is 3.00. The second kappa shape index (κ2) is 4.44. The molecular weight excluding hydrogens is 196 g/mol. The summed E-state index contributed by atoms with van der Waals surface area (Å²) in [4.78, 5) is 8.72. The minimum absolute atomic E-state index is 0.902. The minimum atomic E-state index is 0.902. The third kappa shape index (κ3) is 2.45. The number of hydrogen-bond donors (Lipinski definition) is 0. The van der Waals surface area contributed by atoms with E-state index in [0.717, 1.165) is 24.1 Å². The van der Waals surface area contributed by atoms with Crippen molar-refractivity contribution in [2.45, 2.75) is 26.7 Å². The molecule has 82 valence electrons. The Morgan fingerprint density at radius 3 is 2.88 bits per heavy atom. The molecule has 0 N–H and O–H groups in total. The number of pyridine rings is 1. The van der Waals surface area contributed by atoms with Crippen LogP contribution in [0.25, 0.3) is 5.57 Å². The molecule has 0 spiro atoms. The average molecular weight is 212 g/mol. The van der Waals surface area contributed by atoms with Gasteiger partial charge in [0.05, 0.1) is 0 Å². The van der Waals surface area contributed by atoms with Gasteiger partial charge in [0.25, 0.3) is 0 Å². The van der Waals surface area contributed by atoms with E-state index in [-0.39, 0.29) is 0 Å². The van der Waals surface area contributed by atoms with Crippen molar-refractivity contribution < 1.29 is 0 Å². The molecule has 0 radical (unpaired) electrons. The summed E-state index contributed by atoms with van der Waals surface area (Å²) >= 11 is 0. The second-order valence-electron chi connectivity index (χ2n) is 4.35. The monoisotopic (exact) mass is 212 g/mol. The second-order valence-corrected chi connectivity index (χ2v) is 4.35. The van der Waals surface area contributed by atoms with Crippen molar-refractivity contribution in [3.05, 3.63) is 47.9 Å². The molecule has 2 heteroatoms. The van der Waals surface area contributed by atoms with Crippen LogP contribution in [-0.4, -0.2) is 10.7 Å². The van der Waals surface area contributed by atoms with E-state index in [2.05, 4.69) is 22.6 Å². The van der Waals surface area contributed by atoms with Crippen LogP contribution in [0.3, 0.4) is 0 Å². The Morgan fingerprint density at radius 1 is 1.44 bits per heavy atom. The lowest BCUT2D eigenvalue weighted by molar-refractivity contribution is 1.18. The summed E-state index contributed by atoms with van der Waals surface area (Å²) in [6, 6.07) is 4.14. The third-order valence-electron chi connectivity index (χ3n) is 2.59. The molecule has 1 aliphatic heterocycles. The number of allylic oxidation sites excluding steroid dienone is 2. The molecule has 0 fully saturated rings. The molecule has 0 aromatic carbocycles. The fourth-order valence-electron chi connectivity index (χ4n) is 1.77. The Morgan fingerprint density at radius 2 is 2.25 bits per heavy atom. The summed E-state index contributed by atoms with van der Waals surface area (Å²) in [5.41, 5.74) is 5.83. The SMILES string of the molecule is C=C(C)CC1=NC=C(c2ccc(C)nc2)C1. The van der Waals surface area contributed by atoms with Crippen LogP contribution in [-0.2, 0) is 0 Å². The van der Waals surface area contributed by atoms with Gasteiger partial charge in [0.15, 0.2) is 0 Å². The predicted octanol–water partition coefficient (Wildman–Crippen LogP) is 3.54. The van der Waals surface area contributed by atoms with Gasteiger partial charge in [-0.1, -0.05) is 18.2 Å². The van der Waals surface area contributed by atoms with Gasteiger partial charge in [-0.15, -0.1) is 0 Å². The van der Waals surface area contributed by atoms with Gasteiger partial charge in [0.2, 0.25) is 0 Å². The smallest absolute Gasteiger partial charge is 0.0373 e. The van der Waals surface area contributed by atoms with Crippen LogP contribution in [0.1, 0.15) is 31.0 Å². The number of hydrogen-bond acceptors (Lipinski definition) is 2. The molecule has 1 aromatic rings. The highest BCUT2D eigenvalue weighted by atomic mass is 14.7. The van der Waals surface area contributed by atoms with Crippen molar-refractivity contribution in [2.24, 2.45) is 4.99 Å². The van der Waals surface area contributed by atoms with Crippen molar-refractivity contribution in [1.29, 1.82) is 0 Å². The molecule has 0 saturated carbocycles. The van der Waals surface area contributed by atoms with E-state index in [0.29, 0.717) is 0 Å². The zero-order chi connectivity index (χ0) is 11.5. The lowest BCUT2D eigenvalue weighted by Crippen LogP contribution is -1.96. The number of nitrogens with zero attached hydrogens (tertiary/aromatic N) is 2. The Balaban J connectivity index is 2.06. The molecule has 0 bridgehead atoms. The molecule has 0 atom stereocenters. The van der Waals surface area contributed by atoms with Gasteiger partial charge >= 0.3 is 0 Å². The summed E-state index contributed by atoms with van der Waals surface area (Å²) in [5.74, 6) is 0. The van der Waals surface area contributed by atoms with Gasteiger partial charge in [-0.2, -0.15) is 0 Å². The normalized spacial score (nSPS) is 14.6. The van der Waals surface area contributed by atoms with Crippen LogP contribution in [0.15, 0.2) is 41.7 Å². The summed E-state index contributed by atoms with van der Waals surface area (Å²) in [6.45, 7) is 7.94. The number of aryl methyl sites for hydroxylation is 1. The standard InChI is InChI=1S/C14H16N2/c1-10(2)6-14-7-13(9-16-14)12-5-4-11(3)15-8-12/h4-5,8-9H,1,6-7H2,2-3H3. The van der Waals surface area contributed by atoms with E-state index in [4.69, 9.17) is 0 Å². The van der Waals surface area contributed by atoms with E-state index in [9.17, 15) is 0 Å². The Hall–Kier alpha value is -1.70. The van der Waals surface area contributed by atoms with E-state index >= 15 is 0 Å². The molecule has 1 aliphatic rings. The van der Waals surface area contributed by atoms with Crippen molar-refractivity contribution in [3.63, 3.8) is 0 Å². The molecule has 2 heterocycles. The van der Waals surface area contributed by atoms with E-state index < -0.39 is 0 Å². The Bertz CT molecular complexity index is 464. The van der Waals surface area contributed by atoms with Gasteiger partial charge in [-0.25, -0.2) is 0 Å². The first-order valence-corrected chi connectivity index (χ1v) is 5.47. The van der Waals surface area contributed by atoms with E-state index in [1.165, 1.54) is 16.8 Å². The van der Waals surface area contributed by atoms with Gasteiger partial charge in [0, 0.05) is 36.6 Å². The van der Waals surface area contributed by atoms with Gasteiger partial charge < -0.3 is 0 Å². The maximum absolute atomic E-state index is 4.42. The van der Waals surface area contributed by atoms with E-state index in [1.807, 2.05) is 32.3 Å². The first-order valence-electron chi connectivity index (χ1n) is 5.47.